The normalized spacial score (nSPS) is 11.9. The number of carbonyl (C=O) groups excluding carboxylic acids is 1. The van der Waals surface area contributed by atoms with Crippen LogP contribution in [0.5, 0.6) is 5.75 Å². The van der Waals surface area contributed by atoms with Gasteiger partial charge in [0.05, 0.1) is 6.42 Å². The summed E-state index contributed by atoms with van der Waals surface area (Å²) in [6, 6.07) is 16.7. The van der Waals surface area contributed by atoms with Gasteiger partial charge in [0.15, 0.2) is 0 Å². The molecule has 1 amide bonds. The lowest BCUT2D eigenvalue weighted by Gasteiger charge is -2.17. The predicted octanol–water partition coefficient (Wildman–Crippen LogP) is 2.59. The fourth-order valence-corrected chi connectivity index (χ4v) is 2.36. The summed E-state index contributed by atoms with van der Waals surface area (Å²) in [6.07, 6.45) is 1.07. The Morgan fingerprint density at radius 2 is 1.71 bits per heavy atom. The van der Waals surface area contributed by atoms with E-state index in [4.69, 9.17) is 0 Å². The summed E-state index contributed by atoms with van der Waals surface area (Å²) in [6.45, 7) is 0. The van der Waals surface area contributed by atoms with Crippen molar-refractivity contribution >= 4 is 18.5 Å². The van der Waals surface area contributed by atoms with Gasteiger partial charge in [-0.05, 0) is 29.7 Å². The fraction of sp³-hybridized carbons (Fsp3) is 0.235. The molecule has 21 heavy (non-hydrogen) atoms. The van der Waals surface area contributed by atoms with Gasteiger partial charge >= 0.3 is 0 Å². The summed E-state index contributed by atoms with van der Waals surface area (Å²) in [7, 11) is 0. The van der Waals surface area contributed by atoms with Crippen molar-refractivity contribution in [1.29, 1.82) is 0 Å². The lowest BCUT2D eigenvalue weighted by atomic mass is 10.1. The van der Waals surface area contributed by atoms with Gasteiger partial charge in [-0.1, -0.05) is 42.5 Å². The average molecular weight is 301 g/mol. The van der Waals surface area contributed by atoms with Gasteiger partial charge in [-0.3, -0.25) is 4.79 Å². The lowest BCUT2D eigenvalue weighted by Crippen LogP contribution is -2.38. The topological polar surface area (TPSA) is 49.3 Å². The van der Waals surface area contributed by atoms with E-state index in [0.717, 1.165) is 11.1 Å². The largest absolute Gasteiger partial charge is 0.508 e. The smallest absolute Gasteiger partial charge is 0.224 e. The van der Waals surface area contributed by atoms with E-state index in [1.165, 1.54) is 0 Å². The fourth-order valence-electron chi connectivity index (χ4n) is 2.14. The van der Waals surface area contributed by atoms with Crippen LogP contribution in [0.1, 0.15) is 11.1 Å². The van der Waals surface area contributed by atoms with Crippen molar-refractivity contribution in [3.05, 3.63) is 65.7 Å². The molecule has 0 heterocycles. The minimum absolute atomic E-state index is 0.000900. The van der Waals surface area contributed by atoms with Crippen LogP contribution in [0.4, 0.5) is 0 Å². The van der Waals surface area contributed by atoms with Gasteiger partial charge in [-0.15, -0.1) is 0 Å². The Labute approximate surface area is 130 Å². The molecule has 0 saturated heterocycles. The van der Waals surface area contributed by atoms with Gasteiger partial charge in [0, 0.05) is 11.8 Å². The highest BCUT2D eigenvalue weighted by Crippen LogP contribution is 2.12. The number of thiol groups is 1. The van der Waals surface area contributed by atoms with Gasteiger partial charge in [0.2, 0.25) is 5.91 Å². The molecule has 2 aromatic carbocycles. The van der Waals surface area contributed by atoms with Crippen LogP contribution >= 0.6 is 12.6 Å². The Balaban J connectivity index is 1.89. The summed E-state index contributed by atoms with van der Waals surface area (Å²) in [5.41, 5.74) is 2.06. The first-order chi connectivity index (χ1) is 10.2. The molecule has 2 rings (SSSR count). The molecule has 0 fully saturated rings. The van der Waals surface area contributed by atoms with E-state index in [0.29, 0.717) is 18.6 Å². The van der Waals surface area contributed by atoms with Crippen molar-refractivity contribution in [3.8, 4) is 5.75 Å². The summed E-state index contributed by atoms with van der Waals surface area (Å²) in [5, 5.41) is 12.3. The molecule has 0 unspecified atom stereocenters. The monoisotopic (exact) mass is 301 g/mol. The van der Waals surface area contributed by atoms with Crippen molar-refractivity contribution in [1.82, 2.24) is 5.32 Å². The number of hydrogen-bond donors (Lipinski definition) is 3. The Morgan fingerprint density at radius 3 is 2.33 bits per heavy atom. The van der Waals surface area contributed by atoms with E-state index in [1.807, 2.05) is 42.5 Å². The first-order valence-corrected chi connectivity index (χ1v) is 7.52. The molecule has 0 aliphatic rings. The maximum Gasteiger partial charge on any atom is 0.224 e. The molecule has 0 aliphatic heterocycles. The molecule has 2 N–H and O–H groups in total. The van der Waals surface area contributed by atoms with Crippen LogP contribution in [0.3, 0.4) is 0 Å². The molecule has 110 valence electrons. The minimum atomic E-state index is -0.0194. The molecule has 1 atom stereocenters. The summed E-state index contributed by atoms with van der Waals surface area (Å²) >= 11 is 4.30. The molecule has 3 nitrogen and oxygen atoms in total. The van der Waals surface area contributed by atoms with Crippen LogP contribution in [0.25, 0.3) is 0 Å². The Hall–Kier alpha value is -1.94. The first kappa shape index (κ1) is 15.4. The quantitative estimate of drug-likeness (QED) is 0.718. The molecule has 2 aromatic rings. The minimum Gasteiger partial charge on any atom is -0.508 e. The second-order valence-corrected chi connectivity index (χ2v) is 5.35. The van der Waals surface area contributed by atoms with E-state index in [1.54, 1.807) is 12.1 Å². The highest BCUT2D eigenvalue weighted by Gasteiger charge is 2.12. The Bertz CT molecular complexity index is 569. The molecule has 4 heteroatoms. The van der Waals surface area contributed by atoms with E-state index in [9.17, 15) is 9.90 Å². The van der Waals surface area contributed by atoms with Crippen LogP contribution in [0.2, 0.25) is 0 Å². The van der Waals surface area contributed by atoms with Crippen molar-refractivity contribution < 1.29 is 9.90 Å². The second-order valence-electron chi connectivity index (χ2n) is 4.98. The number of carbonyl (C=O) groups is 1. The van der Waals surface area contributed by atoms with Gasteiger partial charge in [0.1, 0.15) is 5.75 Å². The molecule has 0 aromatic heterocycles. The van der Waals surface area contributed by atoms with Crippen molar-refractivity contribution in [2.45, 2.75) is 18.9 Å². The lowest BCUT2D eigenvalue weighted by molar-refractivity contribution is -0.121. The third kappa shape index (κ3) is 5.16. The predicted molar refractivity (Wildman–Crippen MR) is 87.7 cm³/mol. The number of phenols is 1. The van der Waals surface area contributed by atoms with Crippen LogP contribution in [0, 0.1) is 0 Å². The van der Waals surface area contributed by atoms with E-state index >= 15 is 0 Å². The van der Waals surface area contributed by atoms with Gasteiger partial charge < -0.3 is 10.4 Å². The third-order valence-electron chi connectivity index (χ3n) is 3.21. The average Bonchev–Trinajstić information content (AvgIpc) is 2.49. The highest BCUT2D eigenvalue weighted by molar-refractivity contribution is 7.80. The third-order valence-corrected chi connectivity index (χ3v) is 3.65. The van der Waals surface area contributed by atoms with Crippen LogP contribution in [-0.2, 0) is 17.6 Å². The summed E-state index contributed by atoms with van der Waals surface area (Å²) in [5.74, 6) is 0.815. The van der Waals surface area contributed by atoms with Crippen molar-refractivity contribution in [3.63, 3.8) is 0 Å². The van der Waals surface area contributed by atoms with Crippen molar-refractivity contribution in [2.75, 3.05) is 5.75 Å². The molecular weight excluding hydrogens is 282 g/mol. The van der Waals surface area contributed by atoms with E-state index < -0.39 is 0 Å². The zero-order valence-electron chi connectivity index (χ0n) is 11.7. The first-order valence-electron chi connectivity index (χ1n) is 6.89. The SMILES string of the molecule is O=C(Cc1ccccc1)N[C@@H](CS)Cc1ccc(O)cc1. The zero-order chi connectivity index (χ0) is 15.1. The molecule has 0 aliphatic carbocycles. The molecule has 0 bridgehead atoms. The number of phenolic OH excluding ortho intramolecular Hbond substituents is 1. The Morgan fingerprint density at radius 1 is 1.05 bits per heavy atom. The Kier molecular flexibility index (Phi) is 5.69. The molecule has 0 spiro atoms. The summed E-state index contributed by atoms with van der Waals surface area (Å²) in [4.78, 5) is 12.0. The zero-order valence-corrected chi connectivity index (χ0v) is 12.6. The second kappa shape index (κ2) is 7.74. The van der Waals surface area contributed by atoms with E-state index in [2.05, 4.69) is 17.9 Å². The van der Waals surface area contributed by atoms with Crippen LogP contribution in [-0.4, -0.2) is 22.8 Å². The van der Waals surface area contributed by atoms with Gasteiger partial charge in [0.25, 0.3) is 0 Å². The molecule has 0 saturated carbocycles. The van der Waals surface area contributed by atoms with Gasteiger partial charge in [-0.25, -0.2) is 0 Å². The van der Waals surface area contributed by atoms with Crippen LogP contribution < -0.4 is 5.32 Å². The number of nitrogens with one attached hydrogen (secondary N) is 1. The standard InChI is InChI=1S/C17H19NO2S/c19-16-8-6-14(7-9-16)10-15(12-21)18-17(20)11-13-4-2-1-3-5-13/h1-9,15,19,21H,10-12H2,(H,18,20)/t15-/m1/s1. The number of hydrogen-bond acceptors (Lipinski definition) is 3. The summed E-state index contributed by atoms with van der Waals surface area (Å²) < 4.78 is 0. The maximum absolute atomic E-state index is 12.0. The van der Waals surface area contributed by atoms with Gasteiger partial charge in [-0.2, -0.15) is 12.6 Å². The van der Waals surface area contributed by atoms with E-state index in [-0.39, 0.29) is 17.7 Å². The number of aromatic hydroxyl groups is 1. The maximum atomic E-state index is 12.0. The molecule has 0 radical (unpaired) electrons. The van der Waals surface area contributed by atoms with Crippen LogP contribution in [0.15, 0.2) is 54.6 Å². The molecular formula is C17H19NO2S. The highest BCUT2D eigenvalue weighted by atomic mass is 32.1. The number of rotatable bonds is 6. The number of benzene rings is 2. The number of amides is 1. The van der Waals surface area contributed by atoms with Crippen molar-refractivity contribution in [2.24, 2.45) is 0 Å².